The second-order valence-electron chi connectivity index (χ2n) is 4.62. The number of unbranched alkanes of at least 4 members (excludes halogenated alkanes) is 2. The van der Waals surface area contributed by atoms with E-state index in [1.54, 1.807) is 18.2 Å². The summed E-state index contributed by atoms with van der Waals surface area (Å²) in [5.41, 5.74) is 5.64. The molecular formula is C14H22FN3O. The van der Waals surface area contributed by atoms with Crippen molar-refractivity contribution in [3.05, 3.63) is 30.1 Å². The van der Waals surface area contributed by atoms with Gasteiger partial charge in [0.1, 0.15) is 5.82 Å². The van der Waals surface area contributed by atoms with E-state index in [-0.39, 0.29) is 18.1 Å². The lowest BCUT2D eigenvalue weighted by Gasteiger charge is -2.16. The summed E-state index contributed by atoms with van der Waals surface area (Å²) in [6.07, 6.45) is 3.09. The molecule has 1 rings (SSSR count). The molecule has 0 saturated carbocycles. The van der Waals surface area contributed by atoms with Gasteiger partial charge in [0.15, 0.2) is 0 Å². The Morgan fingerprint density at radius 3 is 2.74 bits per heavy atom. The maximum atomic E-state index is 13.3. The number of nitrogens with one attached hydrogen (secondary N) is 1. The largest absolute Gasteiger partial charge is 0.330 e. The van der Waals surface area contributed by atoms with Crippen molar-refractivity contribution in [1.82, 2.24) is 4.90 Å². The molecule has 0 atom stereocenters. The molecule has 0 unspecified atom stereocenters. The van der Waals surface area contributed by atoms with Crippen molar-refractivity contribution in [2.75, 3.05) is 32.0 Å². The van der Waals surface area contributed by atoms with E-state index in [1.165, 1.54) is 6.07 Å². The first-order valence-electron chi connectivity index (χ1n) is 6.56. The standard InChI is InChI=1S/C14H22FN3O/c1-18(10-6-2-5-9-16)11-14(19)17-13-8-4-3-7-12(13)15/h3-4,7-8H,2,5-6,9-11,16H2,1H3,(H,17,19). The van der Waals surface area contributed by atoms with Gasteiger partial charge in [-0.2, -0.15) is 0 Å². The number of amides is 1. The molecule has 0 aliphatic carbocycles. The Morgan fingerprint density at radius 2 is 2.05 bits per heavy atom. The van der Waals surface area contributed by atoms with Crippen molar-refractivity contribution in [2.45, 2.75) is 19.3 Å². The van der Waals surface area contributed by atoms with E-state index in [2.05, 4.69) is 5.32 Å². The number of para-hydroxylation sites is 1. The zero-order chi connectivity index (χ0) is 14.1. The highest BCUT2D eigenvalue weighted by molar-refractivity contribution is 5.92. The first-order valence-corrected chi connectivity index (χ1v) is 6.56. The summed E-state index contributed by atoms with van der Waals surface area (Å²) in [7, 11) is 1.88. The lowest BCUT2D eigenvalue weighted by Crippen LogP contribution is -2.31. The maximum Gasteiger partial charge on any atom is 0.238 e. The maximum absolute atomic E-state index is 13.3. The summed E-state index contributed by atoms with van der Waals surface area (Å²) >= 11 is 0. The summed E-state index contributed by atoms with van der Waals surface area (Å²) in [6, 6.07) is 6.16. The SMILES string of the molecule is CN(CCCCCN)CC(=O)Nc1ccccc1F. The average Bonchev–Trinajstić information content (AvgIpc) is 2.37. The number of anilines is 1. The van der Waals surface area contributed by atoms with Crippen LogP contribution in [0.4, 0.5) is 10.1 Å². The lowest BCUT2D eigenvalue weighted by atomic mass is 10.2. The fraction of sp³-hybridized carbons (Fsp3) is 0.500. The number of carbonyl (C=O) groups is 1. The first kappa shape index (κ1) is 15.6. The Labute approximate surface area is 113 Å². The molecule has 106 valence electrons. The third-order valence-electron chi connectivity index (χ3n) is 2.81. The Kier molecular flexibility index (Phi) is 7.07. The summed E-state index contributed by atoms with van der Waals surface area (Å²) in [5.74, 6) is -0.618. The van der Waals surface area contributed by atoms with E-state index in [0.717, 1.165) is 25.8 Å². The molecule has 0 aromatic heterocycles. The monoisotopic (exact) mass is 267 g/mol. The normalized spacial score (nSPS) is 10.7. The van der Waals surface area contributed by atoms with Crippen LogP contribution >= 0.6 is 0 Å². The van der Waals surface area contributed by atoms with E-state index >= 15 is 0 Å². The van der Waals surface area contributed by atoms with Crippen molar-refractivity contribution < 1.29 is 9.18 Å². The predicted octanol–water partition coefficient (Wildman–Crippen LogP) is 1.82. The van der Waals surface area contributed by atoms with Crippen LogP contribution in [0.5, 0.6) is 0 Å². The van der Waals surface area contributed by atoms with Crippen LogP contribution in [0.25, 0.3) is 0 Å². The van der Waals surface area contributed by atoms with Crippen LogP contribution in [0, 0.1) is 5.82 Å². The highest BCUT2D eigenvalue weighted by Crippen LogP contribution is 2.12. The molecule has 0 aliphatic rings. The van der Waals surface area contributed by atoms with E-state index in [1.807, 2.05) is 11.9 Å². The van der Waals surface area contributed by atoms with Crippen molar-refractivity contribution in [3.63, 3.8) is 0 Å². The minimum absolute atomic E-state index is 0.202. The van der Waals surface area contributed by atoms with Gasteiger partial charge in [-0.25, -0.2) is 4.39 Å². The first-order chi connectivity index (χ1) is 9.13. The van der Waals surface area contributed by atoms with Gasteiger partial charge in [0, 0.05) is 0 Å². The summed E-state index contributed by atoms with van der Waals surface area (Å²) in [4.78, 5) is 13.6. The zero-order valence-electron chi connectivity index (χ0n) is 11.4. The quantitative estimate of drug-likeness (QED) is 0.706. The summed E-state index contributed by atoms with van der Waals surface area (Å²) in [6.45, 7) is 1.80. The predicted molar refractivity (Wildman–Crippen MR) is 75.4 cm³/mol. The molecule has 0 heterocycles. The molecule has 0 bridgehead atoms. The fourth-order valence-electron chi connectivity index (χ4n) is 1.78. The second-order valence-corrected chi connectivity index (χ2v) is 4.62. The van der Waals surface area contributed by atoms with Gasteiger partial charge in [-0.1, -0.05) is 18.6 Å². The third-order valence-corrected chi connectivity index (χ3v) is 2.81. The van der Waals surface area contributed by atoms with Gasteiger partial charge in [0.25, 0.3) is 0 Å². The van der Waals surface area contributed by atoms with E-state index in [9.17, 15) is 9.18 Å². The number of nitrogens with zero attached hydrogens (tertiary/aromatic N) is 1. The van der Waals surface area contributed by atoms with Crippen molar-refractivity contribution in [3.8, 4) is 0 Å². The van der Waals surface area contributed by atoms with Crippen molar-refractivity contribution in [2.24, 2.45) is 5.73 Å². The zero-order valence-corrected chi connectivity index (χ0v) is 11.4. The second kappa shape index (κ2) is 8.61. The Morgan fingerprint density at radius 1 is 1.32 bits per heavy atom. The van der Waals surface area contributed by atoms with Crippen molar-refractivity contribution in [1.29, 1.82) is 0 Å². The molecule has 0 aliphatic heterocycles. The number of hydrogen-bond acceptors (Lipinski definition) is 3. The minimum atomic E-state index is -0.415. The summed E-state index contributed by atoms with van der Waals surface area (Å²) in [5, 5.41) is 2.57. The number of likely N-dealkylation sites (N-methyl/N-ethyl adjacent to an activating group) is 1. The van der Waals surface area contributed by atoms with E-state index in [4.69, 9.17) is 5.73 Å². The molecule has 1 aromatic carbocycles. The van der Waals surface area contributed by atoms with Crippen LogP contribution in [0.3, 0.4) is 0 Å². The van der Waals surface area contributed by atoms with Gasteiger partial charge < -0.3 is 11.1 Å². The lowest BCUT2D eigenvalue weighted by molar-refractivity contribution is -0.117. The van der Waals surface area contributed by atoms with E-state index in [0.29, 0.717) is 6.54 Å². The number of nitrogens with two attached hydrogens (primary N) is 1. The highest BCUT2D eigenvalue weighted by atomic mass is 19.1. The molecule has 0 saturated heterocycles. The summed E-state index contributed by atoms with van der Waals surface area (Å²) < 4.78 is 13.3. The minimum Gasteiger partial charge on any atom is -0.330 e. The van der Waals surface area contributed by atoms with Gasteiger partial charge in [0.05, 0.1) is 12.2 Å². The molecule has 0 spiro atoms. The van der Waals surface area contributed by atoms with Gasteiger partial charge in [-0.05, 0) is 45.1 Å². The molecule has 4 nitrogen and oxygen atoms in total. The number of carbonyl (C=O) groups excluding carboxylic acids is 1. The Hall–Kier alpha value is -1.46. The number of hydrogen-bond donors (Lipinski definition) is 2. The van der Waals surface area contributed by atoms with Crippen LogP contribution in [0.1, 0.15) is 19.3 Å². The molecule has 3 N–H and O–H groups in total. The third kappa shape index (κ3) is 6.31. The molecular weight excluding hydrogens is 245 g/mol. The molecule has 0 fully saturated rings. The highest BCUT2D eigenvalue weighted by Gasteiger charge is 2.08. The number of halogens is 1. The molecule has 1 amide bonds. The van der Waals surface area contributed by atoms with Crippen LogP contribution < -0.4 is 11.1 Å². The molecule has 0 radical (unpaired) electrons. The van der Waals surface area contributed by atoms with Crippen LogP contribution in [-0.2, 0) is 4.79 Å². The average molecular weight is 267 g/mol. The molecule has 5 heteroatoms. The van der Waals surface area contributed by atoms with Crippen LogP contribution in [0.2, 0.25) is 0 Å². The Bertz CT molecular complexity index is 398. The smallest absolute Gasteiger partial charge is 0.238 e. The molecule has 1 aromatic rings. The number of rotatable bonds is 8. The van der Waals surface area contributed by atoms with Gasteiger partial charge in [0.2, 0.25) is 5.91 Å². The van der Waals surface area contributed by atoms with Gasteiger partial charge in [-0.3, -0.25) is 9.69 Å². The van der Waals surface area contributed by atoms with E-state index < -0.39 is 5.82 Å². The van der Waals surface area contributed by atoms with Crippen molar-refractivity contribution >= 4 is 11.6 Å². The van der Waals surface area contributed by atoms with Gasteiger partial charge >= 0.3 is 0 Å². The topological polar surface area (TPSA) is 58.4 Å². The van der Waals surface area contributed by atoms with Gasteiger partial charge in [-0.15, -0.1) is 0 Å². The molecule has 19 heavy (non-hydrogen) atoms. The number of benzene rings is 1. The Balaban J connectivity index is 2.29. The van der Waals surface area contributed by atoms with Crippen LogP contribution in [0.15, 0.2) is 24.3 Å². The van der Waals surface area contributed by atoms with Crippen LogP contribution in [-0.4, -0.2) is 37.5 Å². The fourth-order valence-corrected chi connectivity index (χ4v) is 1.78.